The van der Waals surface area contributed by atoms with Gasteiger partial charge in [0.15, 0.2) is 11.6 Å². The molecule has 0 heterocycles. The lowest BCUT2D eigenvalue weighted by atomic mass is 10.3. The third kappa shape index (κ3) is 3.49. The minimum absolute atomic E-state index is 0.0203. The van der Waals surface area contributed by atoms with Crippen LogP contribution in [0.2, 0.25) is 0 Å². The van der Waals surface area contributed by atoms with Crippen molar-refractivity contribution in [3.05, 3.63) is 42.0 Å². The first-order valence-corrected chi connectivity index (χ1v) is 4.14. The van der Waals surface area contributed by atoms with Gasteiger partial charge in [-0.1, -0.05) is 0 Å². The number of carboxylic acids is 1. The highest BCUT2D eigenvalue weighted by molar-refractivity contribution is 6.02. The number of nitrogens with one attached hydrogen (secondary N) is 1. The summed E-state index contributed by atoms with van der Waals surface area (Å²) in [5.74, 6) is -4.46. The standard InChI is InChI=1S/C10H7F2NO3/c11-7-2-1-6(5-8(7)12)13-9(14)3-4-10(15)16/h1-5H,(H,13,14)(H,15,16)/p-1/b4-3+. The van der Waals surface area contributed by atoms with Crippen LogP contribution in [-0.4, -0.2) is 11.9 Å². The smallest absolute Gasteiger partial charge is 0.248 e. The van der Waals surface area contributed by atoms with E-state index in [-0.39, 0.29) is 5.69 Å². The van der Waals surface area contributed by atoms with E-state index < -0.39 is 23.5 Å². The monoisotopic (exact) mass is 226 g/mol. The molecule has 0 radical (unpaired) electrons. The third-order valence-electron chi connectivity index (χ3n) is 1.56. The van der Waals surface area contributed by atoms with Crippen LogP contribution in [0.15, 0.2) is 30.4 Å². The average molecular weight is 226 g/mol. The molecule has 0 fully saturated rings. The quantitative estimate of drug-likeness (QED) is 0.749. The largest absolute Gasteiger partial charge is 0.545 e. The zero-order valence-electron chi connectivity index (χ0n) is 7.87. The van der Waals surface area contributed by atoms with Gasteiger partial charge in [-0.3, -0.25) is 4.79 Å². The van der Waals surface area contributed by atoms with Gasteiger partial charge in [0.2, 0.25) is 5.91 Å². The van der Waals surface area contributed by atoms with Crippen LogP contribution in [0.3, 0.4) is 0 Å². The maximum absolute atomic E-state index is 12.7. The number of hydrogen-bond donors (Lipinski definition) is 1. The number of amides is 1. The zero-order chi connectivity index (χ0) is 12.1. The molecule has 16 heavy (non-hydrogen) atoms. The molecule has 4 nitrogen and oxygen atoms in total. The lowest BCUT2D eigenvalue weighted by Crippen LogP contribution is -2.20. The van der Waals surface area contributed by atoms with Crippen molar-refractivity contribution in [2.75, 3.05) is 5.32 Å². The summed E-state index contributed by atoms with van der Waals surface area (Å²) in [5, 5.41) is 12.1. The van der Waals surface area contributed by atoms with Crippen LogP contribution in [0.5, 0.6) is 0 Å². The molecule has 0 atom stereocenters. The fourth-order valence-electron chi connectivity index (χ4n) is 0.902. The van der Waals surface area contributed by atoms with Crippen molar-refractivity contribution in [1.82, 2.24) is 0 Å². The van der Waals surface area contributed by atoms with Crippen LogP contribution < -0.4 is 10.4 Å². The second-order valence-corrected chi connectivity index (χ2v) is 2.77. The molecule has 1 amide bonds. The highest BCUT2D eigenvalue weighted by Crippen LogP contribution is 2.12. The fraction of sp³-hybridized carbons (Fsp3) is 0. The summed E-state index contributed by atoms with van der Waals surface area (Å²) in [6.45, 7) is 0. The minimum Gasteiger partial charge on any atom is -0.545 e. The molecule has 0 aliphatic rings. The zero-order valence-corrected chi connectivity index (χ0v) is 7.87. The van der Waals surface area contributed by atoms with Crippen LogP contribution in [0.1, 0.15) is 0 Å². The molecule has 0 aromatic heterocycles. The predicted octanol–water partition coefficient (Wildman–Crippen LogP) is 0.209. The predicted molar refractivity (Wildman–Crippen MR) is 49.1 cm³/mol. The molecule has 1 aromatic rings. The minimum atomic E-state index is -1.53. The molecular formula is C10H6F2NO3-. The Kier molecular flexibility index (Phi) is 3.71. The number of carbonyl (C=O) groups is 2. The summed E-state index contributed by atoms with van der Waals surface area (Å²) in [6, 6.07) is 2.76. The molecule has 0 spiro atoms. The number of halogens is 2. The summed E-state index contributed by atoms with van der Waals surface area (Å²) in [6.07, 6.45) is 1.23. The normalized spacial score (nSPS) is 10.4. The van der Waals surface area contributed by atoms with Crippen molar-refractivity contribution in [1.29, 1.82) is 0 Å². The molecule has 0 aliphatic carbocycles. The van der Waals surface area contributed by atoms with Gasteiger partial charge in [-0.15, -0.1) is 0 Å². The van der Waals surface area contributed by atoms with Crippen molar-refractivity contribution in [2.45, 2.75) is 0 Å². The second kappa shape index (κ2) is 5.01. The van der Waals surface area contributed by atoms with Crippen molar-refractivity contribution >= 4 is 17.6 Å². The van der Waals surface area contributed by atoms with E-state index in [4.69, 9.17) is 0 Å². The van der Waals surface area contributed by atoms with Crippen LogP contribution in [0, 0.1) is 11.6 Å². The van der Waals surface area contributed by atoms with E-state index in [1.54, 1.807) is 0 Å². The number of rotatable bonds is 3. The van der Waals surface area contributed by atoms with Crippen molar-refractivity contribution < 1.29 is 23.5 Å². The molecule has 84 valence electrons. The maximum Gasteiger partial charge on any atom is 0.248 e. The van der Waals surface area contributed by atoms with Crippen LogP contribution in [0.4, 0.5) is 14.5 Å². The lowest BCUT2D eigenvalue weighted by Gasteiger charge is -2.02. The van der Waals surface area contributed by atoms with Gasteiger partial charge in [-0.05, 0) is 18.2 Å². The molecular weight excluding hydrogens is 220 g/mol. The Hall–Kier alpha value is -2.24. The number of carbonyl (C=O) groups excluding carboxylic acids is 2. The van der Waals surface area contributed by atoms with Gasteiger partial charge >= 0.3 is 0 Å². The first-order chi connectivity index (χ1) is 7.49. The van der Waals surface area contributed by atoms with E-state index in [1.165, 1.54) is 0 Å². The first kappa shape index (κ1) is 11.8. The Morgan fingerprint density at radius 3 is 2.44 bits per heavy atom. The Morgan fingerprint density at radius 1 is 1.19 bits per heavy atom. The van der Waals surface area contributed by atoms with Gasteiger partial charge in [-0.2, -0.15) is 0 Å². The molecule has 0 saturated heterocycles. The Labute approximate surface area is 89.2 Å². The summed E-state index contributed by atoms with van der Waals surface area (Å²) < 4.78 is 25.2. The Bertz CT molecular complexity index is 457. The Balaban J connectivity index is 2.70. The molecule has 0 saturated carbocycles. The SMILES string of the molecule is O=C([O-])/C=C/C(=O)Nc1ccc(F)c(F)c1. The number of anilines is 1. The van der Waals surface area contributed by atoms with Crippen molar-refractivity contribution in [2.24, 2.45) is 0 Å². The highest BCUT2D eigenvalue weighted by atomic mass is 19.2. The number of carboxylic acid groups (broad SMARTS) is 1. The maximum atomic E-state index is 12.7. The van der Waals surface area contributed by atoms with E-state index in [2.05, 4.69) is 5.32 Å². The van der Waals surface area contributed by atoms with Gasteiger partial charge in [-0.25, -0.2) is 8.78 Å². The van der Waals surface area contributed by atoms with Crippen molar-refractivity contribution in [3.63, 3.8) is 0 Å². The number of benzene rings is 1. The summed E-state index contributed by atoms with van der Waals surface area (Å²) in [4.78, 5) is 21.0. The molecule has 1 rings (SSSR count). The molecule has 6 heteroatoms. The van der Waals surface area contributed by atoms with E-state index in [0.717, 1.165) is 18.2 Å². The number of aliphatic carboxylic acids is 1. The van der Waals surface area contributed by atoms with Gasteiger partial charge in [0.1, 0.15) is 0 Å². The summed E-state index contributed by atoms with van der Waals surface area (Å²) in [7, 11) is 0. The van der Waals surface area contributed by atoms with E-state index >= 15 is 0 Å². The highest BCUT2D eigenvalue weighted by Gasteiger charge is 2.03. The van der Waals surface area contributed by atoms with Crippen LogP contribution >= 0.6 is 0 Å². The Morgan fingerprint density at radius 2 is 1.88 bits per heavy atom. The summed E-state index contributed by atoms with van der Waals surface area (Å²) in [5.41, 5.74) is 0.0203. The molecule has 1 N–H and O–H groups in total. The molecule has 0 bridgehead atoms. The van der Waals surface area contributed by atoms with Crippen LogP contribution in [-0.2, 0) is 9.59 Å². The van der Waals surface area contributed by atoms with E-state index in [1.807, 2.05) is 0 Å². The van der Waals surface area contributed by atoms with Crippen molar-refractivity contribution in [3.8, 4) is 0 Å². The first-order valence-electron chi connectivity index (χ1n) is 4.14. The molecule has 0 aliphatic heterocycles. The van der Waals surface area contributed by atoms with E-state index in [0.29, 0.717) is 12.2 Å². The topological polar surface area (TPSA) is 69.2 Å². The second-order valence-electron chi connectivity index (χ2n) is 2.77. The fourth-order valence-corrected chi connectivity index (χ4v) is 0.902. The lowest BCUT2D eigenvalue weighted by molar-refractivity contribution is -0.297. The third-order valence-corrected chi connectivity index (χ3v) is 1.56. The van der Waals surface area contributed by atoms with Gasteiger partial charge in [0, 0.05) is 17.8 Å². The van der Waals surface area contributed by atoms with Gasteiger partial charge in [0.05, 0.1) is 5.97 Å². The van der Waals surface area contributed by atoms with Crippen LogP contribution in [0.25, 0.3) is 0 Å². The molecule has 0 unspecified atom stereocenters. The summed E-state index contributed by atoms with van der Waals surface area (Å²) >= 11 is 0. The van der Waals surface area contributed by atoms with Gasteiger partial charge < -0.3 is 15.2 Å². The average Bonchev–Trinajstić information content (AvgIpc) is 2.21. The van der Waals surface area contributed by atoms with Gasteiger partial charge in [0.25, 0.3) is 0 Å². The number of hydrogen-bond acceptors (Lipinski definition) is 3. The van der Waals surface area contributed by atoms with E-state index in [9.17, 15) is 23.5 Å². The molecule has 1 aromatic carbocycles.